The number of hydrogen-bond acceptors (Lipinski definition) is 7. The van der Waals surface area contributed by atoms with Gasteiger partial charge in [-0.1, -0.05) is 14.4 Å². The van der Waals surface area contributed by atoms with Crippen LogP contribution in [-0.4, -0.2) is 66.3 Å². The number of aliphatic hydroxyl groups excluding tert-OH is 1. The van der Waals surface area contributed by atoms with E-state index in [4.69, 9.17) is 4.84 Å². The van der Waals surface area contributed by atoms with Gasteiger partial charge >= 0.3 is 0 Å². The van der Waals surface area contributed by atoms with Crippen LogP contribution in [0.15, 0.2) is 0 Å². The third-order valence-corrected chi connectivity index (χ3v) is 2.56. The second-order valence-electron chi connectivity index (χ2n) is 4.63. The van der Waals surface area contributed by atoms with Crippen LogP contribution in [0.2, 0.25) is 0 Å². The lowest BCUT2D eigenvalue weighted by Gasteiger charge is -2.17. The monoisotopic (exact) mass is 305 g/mol. The Morgan fingerprint density at radius 3 is 2.62 bits per heavy atom. The Balaban J connectivity index is 0.00000400. The summed E-state index contributed by atoms with van der Waals surface area (Å²) in [4.78, 5) is 44.9. The highest BCUT2D eigenvalue weighted by Gasteiger charge is 2.36. The molecule has 1 heterocycles. The molecule has 0 aromatic carbocycles. The van der Waals surface area contributed by atoms with E-state index in [2.05, 4.69) is 4.84 Å². The van der Waals surface area contributed by atoms with Crippen molar-refractivity contribution in [2.45, 2.75) is 27.1 Å². The molecule has 0 aromatic rings. The largest absolute Gasteiger partial charge is 0.364 e. The van der Waals surface area contributed by atoms with Crippen LogP contribution < -0.4 is 5.48 Å². The molecule has 0 saturated carbocycles. The number of amides is 3. The molecule has 2 N–H and O–H groups in total. The number of nitrogens with zero attached hydrogens (tertiary/aromatic N) is 2. The molecule has 1 fully saturated rings. The van der Waals surface area contributed by atoms with E-state index in [1.165, 1.54) is 5.06 Å². The minimum atomic E-state index is -1.36. The lowest BCUT2D eigenvalue weighted by Crippen LogP contribution is -2.42. The number of carbonyl (C=O) groups is 3. The first-order valence-corrected chi connectivity index (χ1v) is 6.08. The van der Waals surface area contributed by atoms with Crippen molar-refractivity contribution in [2.24, 2.45) is 5.92 Å². The first kappa shape index (κ1) is 19.4. The molecule has 9 nitrogen and oxygen atoms in total. The molecule has 21 heavy (non-hydrogen) atoms. The summed E-state index contributed by atoms with van der Waals surface area (Å²) in [6.07, 6.45) is -1.25. The first-order chi connectivity index (χ1) is 9.31. The molecule has 0 bridgehead atoms. The number of rotatable bonds is 7. The Kier molecular flexibility index (Phi) is 8.03. The van der Waals surface area contributed by atoms with Gasteiger partial charge in [0.1, 0.15) is 13.2 Å². The molecule has 0 aliphatic carbocycles. The number of aliphatic hydroxyl groups is 1. The van der Waals surface area contributed by atoms with Gasteiger partial charge in [-0.25, -0.2) is 10.3 Å². The van der Waals surface area contributed by atoms with E-state index in [0.29, 0.717) is 0 Å². The van der Waals surface area contributed by atoms with Crippen molar-refractivity contribution in [2.75, 3.05) is 27.2 Å². The third kappa shape index (κ3) is 6.17. The van der Waals surface area contributed by atoms with Gasteiger partial charge in [0.2, 0.25) is 18.1 Å². The zero-order valence-electron chi connectivity index (χ0n) is 11.7. The van der Waals surface area contributed by atoms with Gasteiger partial charge < -0.3 is 5.11 Å². The van der Waals surface area contributed by atoms with Gasteiger partial charge in [-0.05, 0) is 0 Å². The Bertz CT molecular complexity index is 387. The molecule has 0 spiro atoms. The summed E-state index contributed by atoms with van der Waals surface area (Å²) in [6.45, 7) is 1.02. The van der Waals surface area contributed by atoms with Gasteiger partial charge in [0.25, 0.3) is 5.91 Å². The fourth-order valence-electron chi connectivity index (χ4n) is 1.57. The second kappa shape index (κ2) is 8.67. The maximum absolute atomic E-state index is 11.6. The van der Waals surface area contributed by atoms with Crippen molar-refractivity contribution in [1.29, 1.82) is 0 Å². The van der Waals surface area contributed by atoms with E-state index < -0.39 is 30.6 Å². The average molecular weight is 305 g/mol. The fourth-order valence-corrected chi connectivity index (χ4v) is 1.57. The molecule has 1 rings (SSSR count). The van der Waals surface area contributed by atoms with Crippen LogP contribution in [0.5, 0.6) is 0 Å². The smallest absolute Gasteiger partial charge is 0.263 e. The lowest BCUT2D eigenvalue weighted by molar-refractivity contribution is -0.225. The maximum atomic E-state index is 11.6. The number of likely N-dealkylation sites (tertiary alicyclic amines) is 1. The summed E-state index contributed by atoms with van der Waals surface area (Å²) in [5.74, 6) is -1.89. The molecule has 2 atom stereocenters. The molecule has 2 unspecified atom stereocenters. The molecule has 9 heteroatoms. The number of carbonyl (C=O) groups excluding carboxylic acids is 3. The summed E-state index contributed by atoms with van der Waals surface area (Å²) in [5.41, 5.74) is 1.96. The Morgan fingerprint density at radius 1 is 1.52 bits per heavy atom. The number of hydroxylamine groups is 3. The SMILES string of the molecule is C.CC1CC(=O)N(CC(=O)NOC(O)CON(C)C)C1=O. The molecular formula is C12H23N3O6. The zero-order chi connectivity index (χ0) is 15.3. The van der Waals surface area contributed by atoms with Crippen LogP contribution in [0, 0.1) is 5.92 Å². The summed E-state index contributed by atoms with van der Waals surface area (Å²) in [5, 5.41) is 10.7. The van der Waals surface area contributed by atoms with Gasteiger partial charge in [0, 0.05) is 26.4 Å². The summed E-state index contributed by atoms with van der Waals surface area (Å²) in [7, 11) is 3.24. The number of nitrogens with one attached hydrogen (secondary N) is 1. The van der Waals surface area contributed by atoms with Crippen LogP contribution in [0.1, 0.15) is 20.8 Å². The highest BCUT2D eigenvalue weighted by Crippen LogP contribution is 2.17. The topological polar surface area (TPSA) is 108 Å². The van der Waals surface area contributed by atoms with E-state index >= 15 is 0 Å². The quantitative estimate of drug-likeness (QED) is 0.348. The van der Waals surface area contributed by atoms with E-state index in [9.17, 15) is 19.5 Å². The van der Waals surface area contributed by atoms with Crippen molar-refractivity contribution < 1.29 is 29.2 Å². The van der Waals surface area contributed by atoms with Gasteiger partial charge in [-0.3, -0.25) is 24.1 Å². The summed E-state index contributed by atoms with van der Waals surface area (Å²) in [6, 6.07) is 0. The first-order valence-electron chi connectivity index (χ1n) is 6.08. The number of imide groups is 1. The van der Waals surface area contributed by atoms with Crippen LogP contribution in [-0.2, 0) is 24.1 Å². The standard InChI is InChI=1S/C11H19N3O6.CH4/c1-7-4-9(16)14(11(7)18)5-8(15)12-20-10(17)6-19-13(2)3;/h7,10,17H,4-6H2,1-3H3,(H,12,15);1H4. The molecule has 0 radical (unpaired) electrons. The van der Waals surface area contributed by atoms with Gasteiger partial charge in [0.05, 0.1) is 0 Å². The predicted molar refractivity (Wildman–Crippen MR) is 72.1 cm³/mol. The van der Waals surface area contributed by atoms with Gasteiger partial charge in [-0.15, -0.1) is 0 Å². The predicted octanol–water partition coefficient (Wildman–Crippen LogP) is -1.12. The normalized spacial score (nSPS) is 19.7. The van der Waals surface area contributed by atoms with E-state index in [0.717, 1.165) is 4.90 Å². The fraction of sp³-hybridized carbons (Fsp3) is 0.750. The maximum Gasteiger partial charge on any atom is 0.263 e. The van der Waals surface area contributed by atoms with Crippen LogP contribution in [0.25, 0.3) is 0 Å². The highest BCUT2D eigenvalue weighted by atomic mass is 16.8. The average Bonchev–Trinajstić information content (AvgIpc) is 2.60. The third-order valence-electron chi connectivity index (χ3n) is 2.56. The molecule has 0 aromatic heterocycles. The molecule has 3 amide bonds. The minimum Gasteiger partial charge on any atom is -0.364 e. The lowest BCUT2D eigenvalue weighted by atomic mass is 10.1. The molecular weight excluding hydrogens is 282 g/mol. The molecule has 1 aliphatic rings. The van der Waals surface area contributed by atoms with E-state index in [1.807, 2.05) is 5.48 Å². The zero-order valence-corrected chi connectivity index (χ0v) is 11.7. The molecule has 1 aliphatic heterocycles. The van der Waals surface area contributed by atoms with Crippen LogP contribution in [0.3, 0.4) is 0 Å². The van der Waals surface area contributed by atoms with Crippen molar-refractivity contribution in [3.8, 4) is 0 Å². The number of hydrogen-bond donors (Lipinski definition) is 2. The van der Waals surface area contributed by atoms with Crippen molar-refractivity contribution in [1.82, 2.24) is 15.4 Å². The van der Waals surface area contributed by atoms with Gasteiger partial charge in [-0.2, -0.15) is 5.06 Å². The Labute approximate surface area is 123 Å². The van der Waals surface area contributed by atoms with E-state index in [-0.39, 0.29) is 26.4 Å². The van der Waals surface area contributed by atoms with Crippen molar-refractivity contribution >= 4 is 17.7 Å². The van der Waals surface area contributed by atoms with E-state index in [1.54, 1.807) is 21.0 Å². The van der Waals surface area contributed by atoms with Crippen molar-refractivity contribution in [3.05, 3.63) is 0 Å². The van der Waals surface area contributed by atoms with Gasteiger partial charge in [0.15, 0.2) is 0 Å². The second-order valence-corrected chi connectivity index (χ2v) is 4.63. The minimum absolute atomic E-state index is 0. The Morgan fingerprint density at radius 2 is 2.14 bits per heavy atom. The Hall–Kier alpha value is -1.55. The van der Waals surface area contributed by atoms with Crippen molar-refractivity contribution in [3.63, 3.8) is 0 Å². The van der Waals surface area contributed by atoms with Crippen LogP contribution >= 0.6 is 0 Å². The summed E-state index contributed by atoms with van der Waals surface area (Å²) < 4.78 is 0. The molecule has 122 valence electrons. The molecule has 1 saturated heterocycles. The highest BCUT2D eigenvalue weighted by molar-refractivity contribution is 6.05. The summed E-state index contributed by atoms with van der Waals surface area (Å²) >= 11 is 0. The van der Waals surface area contributed by atoms with Crippen LogP contribution in [0.4, 0.5) is 0 Å².